The molecule has 0 saturated heterocycles. The number of nitrogens with two attached hydrogens (primary N) is 1. The van der Waals surface area contributed by atoms with Gasteiger partial charge >= 0.3 is 5.97 Å². The Kier molecular flexibility index (Phi) is 5.04. The topological polar surface area (TPSA) is 93.2 Å². The SMILES string of the molecule is CC(=O)OCc1cc(/C=C(\C#N)C(N)=O)c(C)cc1C. The predicted molar refractivity (Wildman–Crippen MR) is 74.2 cm³/mol. The molecule has 5 nitrogen and oxygen atoms in total. The van der Waals surface area contributed by atoms with E-state index in [9.17, 15) is 9.59 Å². The lowest BCUT2D eigenvalue weighted by atomic mass is 9.98. The van der Waals surface area contributed by atoms with Gasteiger partial charge in [0.25, 0.3) is 5.91 Å². The minimum Gasteiger partial charge on any atom is -0.461 e. The number of nitrogens with zero attached hydrogens (tertiary/aromatic N) is 1. The van der Waals surface area contributed by atoms with Gasteiger partial charge in [-0.25, -0.2) is 0 Å². The van der Waals surface area contributed by atoms with Crippen LogP contribution in [0.4, 0.5) is 0 Å². The zero-order valence-corrected chi connectivity index (χ0v) is 11.7. The van der Waals surface area contributed by atoms with E-state index in [2.05, 4.69) is 0 Å². The number of amides is 1. The molecule has 104 valence electrons. The van der Waals surface area contributed by atoms with Gasteiger partial charge in [0.1, 0.15) is 18.2 Å². The van der Waals surface area contributed by atoms with Crippen LogP contribution in [0, 0.1) is 25.2 Å². The summed E-state index contributed by atoms with van der Waals surface area (Å²) >= 11 is 0. The Balaban J connectivity index is 3.21. The number of carbonyl (C=O) groups is 2. The number of nitriles is 1. The fraction of sp³-hybridized carbons (Fsp3) is 0.267. The molecule has 0 aliphatic carbocycles. The highest BCUT2D eigenvalue weighted by Gasteiger charge is 2.08. The van der Waals surface area contributed by atoms with E-state index in [0.717, 1.165) is 16.7 Å². The summed E-state index contributed by atoms with van der Waals surface area (Å²) in [5.41, 5.74) is 8.39. The van der Waals surface area contributed by atoms with Gasteiger partial charge in [-0.1, -0.05) is 6.07 Å². The first-order chi connectivity index (χ1) is 9.35. The summed E-state index contributed by atoms with van der Waals surface area (Å²) in [7, 11) is 0. The van der Waals surface area contributed by atoms with Crippen LogP contribution in [0.3, 0.4) is 0 Å². The third-order valence-electron chi connectivity index (χ3n) is 2.84. The number of primary amides is 1. The summed E-state index contributed by atoms with van der Waals surface area (Å²) in [5, 5.41) is 8.86. The Morgan fingerprint density at radius 1 is 1.35 bits per heavy atom. The lowest BCUT2D eigenvalue weighted by Crippen LogP contribution is -2.12. The molecule has 0 bridgehead atoms. The van der Waals surface area contributed by atoms with Gasteiger partial charge < -0.3 is 10.5 Å². The summed E-state index contributed by atoms with van der Waals surface area (Å²) in [5.74, 6) is -1.13. The normalized spacial score (nSPS) is 10.8. The van der Waals surface area contributed by atoms with Gasteiger partial charge in [0, 0.05) is 6.92 Å². The minimum absolute atomic E-state index is 0.115. The van der Waals surface area contributed by atoms with Crippen LogP contribution >= 0.6 is 0 Å². The van der Waals surface area contributed by atoms with Crippen molar-refractivity contribution in [2.24, 2.45) is 5.73 Å². The van der Waals surface area contributed by atoms with Crippen LogP contribution in [0.25, 0.3) is 6.08 Å². The summed E-state index contributed by atoms with van der Waals surface area (Å²) in [6.45, 7) is 5.26. The van der Waals surface area contributed by atoms with Gasteiger partial charge in [0.05, 0.1) is 0 Å². The third kappa shape index (κ3) is 3.95. The highest BCUT2D eigenvalue weighted by Crippen LogP contribution is 2.19. The standard InChI is InChI=1S/C15H16N2O3/c1-9-4-10(2)14(8-20-11(3)18)6-12(9)5-13(7-16)15(17)19/h4-6H,8H2,1-3H3,(H2,17,19)/b13-5+. The van der Waals surface area contributed by atoms with E-state index in [0.29, 0.717) is 5.56 Å². The van der Waals surface area contributed by atoms with E-state index in [1.54, 1.807) is 12.1 Å². The zero-order valence-electron chi connectivity index (χ0n) is 11.7. The van der Waals surface area contributed by atoms with Crippen molar-refractivity contribution in [2.45, 2.75) is 27.4 Å². The van der Waals surface area contributed by atoms with Gasteiger partial charge in [-0.3, -0.25) is 9.59 Å². The Morgan fingerprint density at radius 3 is 2.50 bits per heavy atom. The van der Waals surface area contributed by atoms with Crippen LogP contribution < -0.4 is 5.73 Å². The van der Waals surface area contributed by atoms with Crippen LogP contribution in [0.2, 0.25) is 0 Å². The molecule has 0 atom stereocenters. The highest BCUT2D eigenvalue weighted by atomic mass is 16.5. The predicted octanol–water partition coefficient (Wildman–Crippen LogP) is 1.76. The summed E-state index contributed by atoms with van der Waals surface area (Å²) in [4.78, 5) is 21.9. The zero-order chi connectivity index (χ0) is 15.3. The first-order valence-electron chi connectivity index (χ1n) is 6.00. The van der Waals surface area contributed by atoms with Crippen LogP contribution in [0.1, 0.15) is 29.2 Å². The van der Waals surface area contributed by atoms with Crippen molar-refractivity contribution >= 4 is 18.0 Å². The van der Waals surface area contributed by atoms with Crippen molar-refractivity contribution in [1.29, 1.82) is 5.26 Å². The first kappa shape index (κ1) is 15.4. The minimum atomic E-state index is -0.769. The second kappa shape index (κ2) is 6.53. The van der Waals surface area contributed by atoms with Crippen LogP contribution in [0.15, 0.2) is 17.7 Å². The maximum atomic E-state index is 11.1. The second-order valence-electron chi connectivity index (χ2n) is 4.45. The lowest BCUT2D eigenvalue weighted by Gasteiger charge is -2.10. The molecular weight excluding hydrogens is 256 g/mol. The molecule has 1 aromatic carbocycles. The number of ether oxygens (including phenoxy) is 1. The Bertz CT molecular complexity index is 625. The summed E-state index contributed by atoms with van der Waals surface area (Å²) in [6.07, 6.45) is 1.44. The average Bonchev–Trinajstić information content (AvgIpc) is 2.35. The number of hydrogen-bond donors (Lipinski definition) is 1. The number of aryl methyl sites for hydroxylation is 2. The second-order valence-corrected chi connectivity index (χ2v) is 4.45. The van der Waals surface area contributed by atoms with Crippen LogP contribution in [-0.4, -0.2) is 11.9 Å². The molecular formula is C15H16N2O3. The molecule has 0 heterocycles. The van der Waals surface area contributed by atoms with Gasteiger partial charge in [-0.15, -0.1) is 0 Å². The summed E-state index contributed by atoms with van der Waals surface area (Å²) < 4.78 is 4.97. The van der Waals surface area contributed by atoms with E-state index in [1.807, 2.05) is 19.9 Å². The van der Waals surface area contributed by atoms with Crippen molar-refractivity contribution < 1.29 is 14.3 Å². The molecule has 0 spiro atoms. The highest BCUT2D eigenvalue weighted by molar-refractivity contribution is 6.00. The van der Waals surface area contributed by atoms with Gasteiger partial charge in [-0.2, -0.15) is 5.26 Å². The Hall–Kier alpha value is -2.61. The van der Waals surface area contributed by atoms with Crippen molar-refractivity contribution in [3.8, 4) is 6.07 Å². The molecule has 1 rings (SSSR count). The maximum absolute atomic E-state index is 11.1. The first-order valence-corrected chi connectivity index (χ1v) is 6.00. The van der Waals surface area contributed by atoms with Crippen molar-refractivity contribution in [2.75, 3.05) is 0 Å². The molecule has 0 aliphatic heterocycles. The monoisotopic (exact) mass is 272 g/mol. The molecule has 2 N–H and O–H groups in total. The fourth-order valence-electron chi connectivity index (χ4n) is 1.72. The molecule has 5 heteroatoms. The lowest BCUT2D eigenvalue weighted by molar-refractivity contribution is -0.142. The van der Waals surface area contributed by atoms with E-state index < -0.39 is 5.91 Å². The van der Waals surface area contributed by atoms with Crippen LogP contribution in [0.5, 0.6) is 0 Å². The van der Waals surface area contributed by atoms with Gasteiger partial charge in [-0.05, 0) is 48.2 Å². The van der Waals surface area contributed by atoms with Crippen molar-refractivity contribution in [3.05, 3.63) is 40.0 Å². The van der Waals surface area contributed by atoms with Crippen molar-refractivity contribution in [3.63, 3.8) is 0 Å². The van der Waals surface area contributed by atoms with Gasteiger partial charge in [0.2, 0.25) is 0 Å². The molecule has 0 fully saturated rings. The number of benzene rings is 1. The molecule has 0 saturated carbocycles. The number of esters is 1. The summed E-state index contributed by atoms with van der Waals surface area (Å²) in [6, 6.07) is 5.45. The van der Waals surface area contributed by atoms with Crippen LogP contribution in [-0.2, 0) is 20.9 Å². The Morgan fingerprint density at radius 2 is 2.00 bits per heavy atom. The number of carbonyl (C=O) groups excluding carboxylic acids is 2. The number of rotatable bonds is 4. The van der Waals surface area contributed by atoms with Crippen molar-refractivity contribution in [1.82, 2.24) is 0 Å². The molecule has 1 aromatic rings. The van der Waals surface area contributed by atoms with E-state index in [1.165, 1.54) is 13.0 Å². The maximum Gasteiger partial charge on any atom is 0.302 e. The van der Waals surface area contributed by atoms with E-state index in [4.69, 9.17) is 15.7 Å². The average molecular weight is 272 g/mol. The largest absolute Gasteiger partial charge is 0.461 e. The third-order valence-corrected chi connectivity index (χ3v) is 2.84. The Labute approximate surface area is 117 Å². The molecule has 0 radical (unpaired) electrons. The molecule has 0 aromatic heterocycles. The molecule has 0 aliphatic rings. The smallest absolute Gasteiger partial charge is 0.302 e. The quantitative estimate of drug-likeness (QED) is 0.513. The van der Waals surface area contributed by atoms with Gasteiger partial charge in [0.15, 0.2) is 0 Å². The van der Waals surface area contributed by atoms with E-state index >= 15 is 0 Å². The number of hydrogen-bond acceptors (Lipinski definition) is 4. The molecule has 1 amide bonds. The molecule has 0 unspecified atom stereocenters. The molecule has 20 heavy (non-hydrogen) atoms. The van der Waals surface area contributed by atoms with E-state index in [-0.39, 0.29) is 18.1 Å². The fourth-order valence-corrected chi connectivity index (χ4v) is 1.72.